The van der Waals surface area contributed by atoms with Crippen molar-refractivity contribution in [1.29, 1.82) is 0 Å². The van der Waals surface area contributed by atoms with Gasteiger partial charge in [-0.25, -0.2) is 4.98 Å². The van der Waals surface area contributed by atoms with Crippen LogP contribution in [-0.2, 0) is 11.2 Å². The first-order valence-corrected chi connectivity index (χ1v) is 8.21. The SMILES string of the molecule is CCc1nccn1[C@H]1CCCN(C(=O)[C@@H]2CCCN2C)C1. The van der Waals surface area contributed by atoms with Gasteiger partial charge in [-0.1, -0.05) is 6.92 Å². The van der Waals surface area contributed by atoms with Gasteiger partial charge in [0.25, 0.3) is 0 Å². The fourth-order valence-corrected chi connectivity index (χ4v) is 3.77. The minimum Gasteiger partial charge on any atom is -0.339 e. The van der Waals surface area contributed by atoms with Crippen molar-refractivity contribution in [3.8, 4) is 0 Å². The van der Waals surface area contributed by atoms with Crippen molar-refractivity contribution in [1.82, 2.24) is 19.4 Å². The summed E-state index contributed by atoms with van der Waals surface area (Å²) in [6, 6.07) is 0.504. The summed E-state index contributed by atoms with van der Waals surface area (Å²) >= 11 is 0. The summed E-state index contributed by atoms with van der Waals surface area (Å²) in [5, 5.41) is 0. The fourth-order valence-electron chi connectivity index (χ4n) is 3.77. The van der Waals surface area contributed by atoms with E-state index in [4.69, 9.17) is 0 Å². The van der Waals surface area contributed by atoms with Crippen molar-refractivity contribution in [3.05, 3.63) is 18.2 Å². The third-order valence-electron chi connectivity index (χ3n) is 4.97. The topological polar surface area (TPSA) is 41.4 Å². The summed E-state index contributed by atoms with van der Waals surface area (Å²) in [7, 11) is 2.07. The van der Waals surface area contributed by atoms with Crippen LogP contribution in [0.25, 0.3) is 0 Å². The number of rotatable bonds is 3. The summed E-state index contributed by atoms with van der Waals surface area (Å²) in [6.45, 7) is 4.94. The molecular weight excluding hydrogens is 264 g/mol. The molecule has 2 aliphatic rings. The number of amides is 1. The summed E-state index contributed by atoms with van der Waals surface area (Å²) in [4.78, 5) is 21.5. The van der Waals surface area contributed by atoms with Crippen molar-refractivity contribution >= 4 is 5.91 Å². The Labute approximate surface area is 126 Å². The molecule has 3 heterocycles. The lowest BCUT2D eigenvalue weighted by Gasteiger charge is -2.36. The molecule has 1 aromatic rings. The van der Waals surface area contributed by atoms with Crippen LogP contribution < -0.4 is 0 Å². The molecule has 1 amide bonds. The highest BCUT2D eigenvalue weighted by Crippen LogP contribution is 2.25. The fraction of sp³-hybridized carbons (Fsp3) is 0.750. The van der Waals surface area contributed by atoms with Crippen LogP contribution in [0, 0.1) is 0 Å². The van der Waals surface area contributed by atoms with Crippen molar-refractivity contribution in [3.63, 3.8) is 0 Å². The van der Waals surface area contributed by atoms with E-state index in [2.05, 4.69) is 39.5 Å². The van der Waals surface area contributed by atoms with Crippen LogP contribution in [0.5, 0.6) is 0 Å². The van der Waals surface area contributed by atoms with Gasteiger partial charge in [-0.2, -0.15) is 0 Å². The summed E-state index contributed by atoms with van der Waals surface area (Å²) in [5.74, 6) is 1.46. The molecular formula is C16H26N4O. The standard InChI is InChI=1S/C16H26N4O/c1-3-15-17-8-11-20(15)13-6-4-10-19(12-13)16(21)14-7-5-9-18(14)2/h8,11,13-14H,3-7,9-10,12H2,1-2H3/t13-,14-/m0/s1. The van der Waals surface area contributed by atoms with Crippen LogP contribution in [-0.4, -0.2) is 58.0 Å². The zero-order chi connectivity index (χ0) is 14.8. The Balaban J connectivity index is 1.69. The van der Waals surface area contributed by atoms with Gasteiger partial charge in [0, 0.05) is 31.9 Å². The first-order valence-electron chi connectivity index (χ1n) is 8.21. The Morgan fingerprint density at radius 3 is 2.86 bits per heavy atom. The zero-order valence-electron chi connectivity index (χ0n) is 13.2. The molecule has 0 aromatic carbocycles. The minimum atomic E-state index is 0.109. The Hall–Kier alpha value is -1.36. The molecule has 5 nitrogen and oxygen atoms in total. The number of likely N-dealkylation sites (N-methyl/N-ethyl adjacent to an activating group) is 1. The third-order valence-corrected chi connectivity index (χ3v) is 4.97. The smallest absolute Gasteiger partial charge is 0.239 e. The number of aryl methyl sites for hydroxylation is 1. The molecule has 0 N–H and O–H groups in total. The highest BCUT2D eigenvalue weighted by atomic mass is 16.2. The molecule has 0 saturated carbocycles. The number of likely N-dealkylation sites (tertiary alicyclic amines) is 2. The number of carbonyl (C=O) groups is 1. The van der Waals surface area contributed by atoms with Crippen LogP contribution in [0.15, 0.2) is 12.4 Å². The van der Waals surface area contributed by atoms with Crippen LogP contribution in [0.1, 0.15) is 44.5 Å². The molecule has 0 bridgehead atoms. The monoisotopic (exact) mass is 290 g/mol. The van der Waals surface area contributed by atoms with Crippen LogP contribution in [0.3, 0.4) is 0 Å². The van der Waals surface area contributed by atoms with Gasteiger partial charge in [0.1, 0.15) is 5.82 Å². The molecule has 5 heteroatoms. The van der Waals surface area contributed by atoms with Gasteiger partial charge in [-0.3, -0.25) is 9.69 Å². The first kappa shape index (κ1) is 14.6. The lowest BCUT2D eigenvalue weighted by molar-refractivity contribution is -0.137. The van der Waals surface area contributed by atoms with Gasteiger partial charge >= 0.3 is 0 Å². The van der Waals surface area contributed by atoms with Gasteiger partial charge in [0.15, 0.2) is 0 Å². The van der Waals surface area contributed by atoms with Crippen LogP contribution in [0.2, 0.25) is 0 Å². The Kier molecular flexibility index (Phi) is 4.29. The van der Waals surface area contributed by atoms with E-state index in [9.17, 15) is 4.79 Å². The van der Waals surface area contributed by atoms with E-state index in [-0.39, 0.29) is 6.04 Å². The Bertz CT molecular complexity index is 498. The number of carbonyl (C=O) groups excluding carboxylic acids is 1. The molecule has 2 fully saturated rings. The second-order valence-corrected chi connectivity index (χ2v) is 6.32. The first-order chi connectivity index (χ1) is 10.2. The molecule has 2 atom stereocenters. The molecule has 3 rings (SSSR count). The van der Waals surface area contributed by atoms with E-state index in [1.165, 1.54) is 0 Å². The number of hydrogen-bond acceptors (Lipinski definition) is 3. The van der Waals surface area contributed by atoms with Gasteiger partial charge in [0.05, 0.1) is 12.1 Å². The van der Waals surface area contributed by atoms with E-state index in [1.54, 1.807) is 0 Å². The lowest BCUT2D eigenvalue weighted by Crippen LogP contribution is -2.48. The predicted octanol–water partition coefficient (Wildman–Crippen LogP) is 1.70. The van der Waals surface area contributed by atoms with Crippen molar-refractivity contribution in [2.75, 3.05) is 26.7 Å². The number of piperidine rings is 1. The van der Waals surface area contributed by atoms with Gasteiger partial charge in [-0.05, 0) is 39.3 Å². The Morgan fingerprint density at radius 1 is 1.33 bits per heavy atom. The number of nitrogens with zero attached hydrogens (tertiary/aromatic N) is 4. The minimum absolute atomic E-state index is 0.109. The van der Waals surface area contributed by atoms with Crippen molar-refractivity contribution in [2.45, 2.75) is 51.1 Å². The molecule has 2 saturated heterocycles. The largest absolute Gasteiger partial charge is 0.339 e. The summed E-state index contributed by atoms with van der Waals surface area (Å²) in [5.41, 5.74) is 0. The summed E-state index contributed by atoms with van der Waals surface area (Å²) in [6.07, 6.45) is 9.29. The highest BCUT2D eigenvalue weighted by molar-refractivity contribution is 5.82. The maximum Gasteiger partial charge on any atom is 0.239 e. The molecule has 0 aliphatic carbocycles. The number of imidazole rings is 1. The van der Waals surface area contributed by atoms with Crippen LogP contribution in [0.4, 0.5) is 0 Å². The quantitative estimate of drug-likeness (QED) is 0.851. The third kappa shape index (κ3) is 2.84. The molecule has 1 aromatic heterocycles. The molecule has 0 radical (unpaired) electrons. The molecule has 2 aliphatic heterocycles. The normalized spacial score (nSPS) is 27.2. The number of aromatic nitrogens is 2. The molecule has 0 spiro atoms. The van der Waals surface area contributed by atoms with E-state index in [0.29, 0.717) is 11.9 Å². The Morgan fingerprint density at radius 2 is 2.14 bits per heavy atom. The van der Waals surface area contributed by atoms with E-state index in [1.807, 2.05) is 6.20 Å². The van der Waals surface area contributed by atoms with Gasteiger partial charge in [0.2, 0.25) is 5.91 Å². The second kappa shape index (κ2) is 6.18. The van der Waals surface area contributed by atoms with Crippen molar-refractivity contribution < 1.29 is 4.79 Å². The van der Waals surface area contributed by atoms with E-state index in [0.717, 1.165) is 57.6 Å². The van der Waals surface area contributed by atoms with Gasteiger partial charge in [-0.15, -0.1) is 0 Å². The molecule has 0 unspecified atom stereocenters. The molecule has 21 heavy (non-hydrogen) atoms. The number of hydrogen-bond donors (Lipinski definition) is 0. The van der Waals surface area contributed by atoms with Crippen molar-refractivity contribution in [2.24, 2.45) is 0 Å². The zero-order valence-corrected chi connectivity index (χ0v) is 13.2. The lowest BCUT2D eigenvalue weighted by atomic mass is 10.0. The predicted molar refractivity (Wildman–Crippen MR) is 82.1 cm³/mol. The highest BCUT2D eigenvalue weighted by Gasteiger charge is 2.34. The average Bonchev–Trinajstić information content (AvgIpc) is 3.15. The maximum absolute atomic E-state index is 12.7. The van der Waals surface area contributed by atoms with E-state index < -0.39 is 0 Å². The maximum atomic E-state index is 12.7. The van der Waals surface area contributed by atoms with Crippen LogP contribution >= 0.6 is 0 Å². The summed E-state index contributed by atoms with van der Waals surface area (Å²) < 4.78 is 2.28. The van der Waals surface area contributed by atoms with Gasteiger partial charge < -0.3 is 9.47 Å². The second-order valence-electron chi connectivity index (χ2n) is 6.32. The molecule has 116 valence electrons. The van der Waals surface area contributed by atoms with E-state index >= 15 is 0 Å². The average molecular weight is 290 g/mol.